The molecule has 0 bridgehead atoms. The van der Waals surface area contributed by atoms with Gasteiger partial charge in [-0.05, 0) is 29.8 Å². The Morgan fingerprint density at radius 1 is 1.47 bits per heavy atom. The van der Waals surface area contributed by atoms with E-state index in [0.29, 0.717) is 11.6 Å². The van der Waals surface area contributed by atoms with Crippen molar-refractivity contribution >= 4 is 23.2 Å². The number of halogens is 1. The molecular formula is C14H17ClN2O2. The molecule has 0 atom stereocenters. The quantitative estimate of drug-likeness (QED) is 0.858. The lowest BCUT2D eigenvalue weighted by atomic mass is 10.1. The maximum Gasteiger partial charge on any atom is 0.243 e. The SMILES string of the molecule is C=CC(=O)NCc1cc(Cl)ccc1N1CCOCC1. The van der Waals surface area contributed by atoms with Gasteiger partial charge in [0.15, 0.2) is 0 Å². The number of hydrogen-bond donors (Lipinski definition) is 1. The Morgan fingerprint density at radius 3 is 2.89 bits per heavy atom. The van der Waals surface area contributed by atoms with E-state index >= 15 is 0 Å². The van der Waals surface area contributed by atoms with Gasteiger partial charge in [-0.2, -0.15) is 0 Å². The first kappa shape index (κ1) is 13.9. The van der Waals surface area contributed by atoms with Gasteiger partial charge in [0.25, 0.3) is 0 Å². The number of nitrogens with zero attached hydrogens (tertiary/aromatic N) is 1. The fraction of sp³-hybridized carbons (Fsp3) is 0.357. The van der Waals surface area contributed by atoms with Crippen LogP contribution in [-0.4, -0.2) is 32.2 Å². The summed E-state index contributed by atoms with van der Waals surface area (Å²) in [6, 6.07) is 5.74. The number of nitrogens with one attached hydrogen (secondary N) is 1. The molecule has 1 fully saturated rings. The van der Waals surface area contributed by atoms with Crippen LogP contribution in [0, 0.1) is 0 Å². The predicted molar refractivity (Wildman–Crippen MR) is 76.5 cm³/mol. The van der Waals surface area contributed by atoms with Crippen LogP contribution in [0.3, 0.4) is 0 Å². The number of rotatable bonds is 4. The zero-order valence-electron chi connectivity index (χ0n) is 10.7. The van der Waals surface area contributed by atoms with Crippen molar-refractivity contribution in [1.82, 2.24) is 5.32 Å². The largest absolute Gasteiger partial charge is 0.378 e. The Morgan fingerprint density at radius 2 is 2.21 bits per heavy atom. The molecule has 1 aromatic carbocycles. The minimum atomic E-state index is -0.187. The van der Waals surface area contributed by atoms with E-state index in [9.17, 15) is 4.79 Å². The predicted octanol–water partition coefficient (Wildman–Crippen LogP) is 1.98. The molecule has 4 nitrogen and oxygen atoms in total. The smallest absolute Gasteiger partial charge is 0.243 e. The first-order chi connectivity index (χ1) is 9.20. The molecule has 0 aliphatic carbocycles. The number of morpholine rings is 1. The molecule has 0 spiro atoms. The van der Waals surface area contributed by atoms with Crippen molar-refractivity contribution in [3.8, 4) is 0 Å². The molecule has 19 heavy (non-hydrogen) atoms. The fourth-order valence-electron chi connectivity index (χ4n) is 2.06. The molecule has 102 valence electrons. The molecule has 1 saturated heterocycles. The molecule has 1 N–H and O–H groups in total. The number of anilines is 1. The van der Waals surface area contributed by atoms with E-state index < -0.39 is 0 Å². The number of ether oxygens (including phenoxy) is 1. The molecule has 5 heteroatoms. The summed E-state index contributed by atoms with van der Waals surface area (Å²) in [5, 5.41) is 3.45. The van der Waals surface area contributed by atoms with Crippen molar-refractivity contribution in [2.24, 2.45) is 0 Å². The van der Waals surface area contributed by atoms with Crippen LogP contribution in [0.4, 0.5) is 5.69 Å². The summed E-state index contributed by atoms with van der Waals surface area (Å²) in [5.74, 6) is -0.187. The van der Waals surface area contributed by atoms with Crippen molar-refractivity contribution in [2.75, 3.05) is 31.2 Å². The second-order valence-electron chi connectivity index (χ2n) is 4.29. The van der Waals surface area contributed by atoms with Crippen LogP contribution in [0.15, 0.2) is 30.9 Å². The molecule has 1 aromatic rings. The number of carbonyl (C=O) groups is 1. The highest BCUT2D eigenvalue weighted by molar-refractivity contribution is 6.30. The highest BCUT2D eigenvalue weighted by Crippen LogP contribution is 2.25. The number of benzene rings is 1. The number of carbonyl (C=O) groups excluding carboxylic acids is 1. The molecule has 1 aliphatic rings. The van der Waals surface area contributed by atoms with Gasteiger partial charge in [-0.3, -0.25) is 4.79 Å². The van der Waals surface area contributed by atoms with Crippen LogP contribution >= 0.6 is 11.6 Å². The molecular weight excluding hydrogens is 264 g/mol. The fourth-order valence-corrected chi connectivity index (χ4v) is 2.26. The summed E-state index contributed by atoms with van der Waals surface area (Å²) < 4.78 is 5.35. The Bertz CT molecular complexity index is 471. The van der Waals surface area contributed by atoms with Crippen LogP contribution in [0.5, 0.6) is 0 Å². The average Bonchev–Trinajstić information content (AvgIpc) is 2.45. The van der Waals surface area contributed by atoms with Crippen molar-refractivity contribution < 1.29 is 9.53 Å². The average molecular weight is 281 g/mol. The molecule has 1 heterocycles. The lowest BCUT2D eigenvalue weighted by molar-refractivity contribution is -0.116. The number of hydrogen-bond acceptors (Lipinski definition) is 3. The second-order valence-corrected chi connectivity index (χ2v) is 4.73. The van der Waals surface area contributed by atoms with Crippen LogP contribution in [-0.2, 0) is 16.1 Å². The zero-order valence-corrected chi connectivity index (χ0v) is 11.4. The highest BCUT2D eigenvalue weighted by Gasteiger charge is 2.15. The van der Waals surface area contributed by atoms with E-state index in [2.05, 4.69) is 16.8 Å². The van der Waals surface area contributed by atoms with Crippen molar-refractivity contribution in [2.45, 2.75) is 6.54 Å². The topological polar surface area (TPSA) is 41.6 Å². The van der Waals surface area contributed by atoms with Gasteiger partial charge in [0, 0.05) is 30.3 Å². The third-order valence-electron chi connectivity index (χ3n) is 3.03. The lowest BCUT2D eigenvalue weighted by Gasteiger charge is -2.30. The van der Waals surface area contributed by atoms with E-state index in [4.69, 9.17) is 16.3 Å². The van der Waals surface area contributed by atoms with Gasteiger partial charge in [-0.15, -0.1) is 0 Å². The molecule has 1 amide bonds. The molecule has 2 rings (SSSR count). The van der Waals surface area contributed by atoms with E-state index in [-0.39, 0.29) is 5.91 Å². The third kappa shape index (κ3) is 3.72. The van der Waals surface area contributed by atoms with Crippen LogP contribution < -0.4 is 10.2 Å². The summed E-state index contributed by atoms with van der Waals surface area (Å²) >= 11 is 6.03. The molecule has 0 unspecified atom stereocenters. The van der Waals surface area contributed by atoms with E-state index in [0.717, 1.165) is 37.6 Å². The Kier molecular flexibility index (Phi) is 4.82. The molecule has 0 radical (unpaired) electrons. The first-order valence-corrected chi connectivity index (χ1v) is 6.60. The minimum Gasteiger partial charge on any atom is -0.378 e. The lowest BCUT2D eigenvalue weighted by Crippen LogP contribution is -2.37. The van der Waals surface area contributed by atoms with E-state index in [1.54, 1.807) is 0 Å². The summed E-state index contributed by atoms with van der Waals surface area (Å²) in [4.78, 5) is 13.5. The third-order valence-corrected chi connectivity index (χ3v) is 3.27. The summed E-state index contributed by atoms with van der Waals surface area (Å²) in [5.41, 5.74) is 2.10. The van der Waals surface area contributed by atoms with Crippen LogP contribution in [0.25, 0.3) is 0 Å². The Labute approximate surface area is 118 Å². The Hall–Kier alpha value is -1.52. The van der Waals surface area contributed by atoms with Gasteiger partial charge in [-0.1, -0.05) is 18.2 Å². The monoisotopic (exact) mass is 280 g/mol. The molecule has 0 aromatic heterocycles. The molecule has 1 aliphatic heterocycles. The standard InChI is InChI=1S/C14H17ClN2O2/c1-2-14(18)16-10-11-9-12(15)3-4-13(11)17-5-7-19-8-6-17/h2-4,9H,1,5-8,10H2,(H,16,18). The molecule has 0 saturated carbocycles. The van der Waals surface area contributed by atoms with Gasteiger partial charge < -0.3 is 15.0 Å². The van der Waals surface area contributed by atoms with Crippen molar-refractivity contribution in [3.05, 3.63) is 41.4 Å². The van der Waals surface area contributed by atoms with Crippen LogP contribution in [0.1, 0.15) is 5.56 Å². The minimum absolute atomic E-state index is 0.187. The maximum atomic E-state index is 11.3. The first-order valence-electron chi connectivity index (χ1n) is 6.22. The second kappa shape index (κ2) is 6.59. The van der Waals surface area contributed by atoms with Crippen molar-refractivity contribution in [3.63, 3.8) is 0 Å². The normalized spacial score (nSPS) is 15.1. The van der Waals surface area contributed by atoms with E-state index in [1.165, 1.54) is 6.08 Å². The van der Waals surface area contributed by atoms with Gasteiger partial charge in [0.2, 0.25) is 5.91 Å². The summed E-state index contributed by atoms with van der Waals surface area (Å²) in [6.45, 7) is 7.03. The maximum absolute atomic E-state index is 11.3. The van der Waals surface area contributed by atoms with Crippen LogP contribution in [0.2, 0.25) is 5.02 Å². The van der Waals surface area contributed by atoms with Gasteiger partial charge >= 0.3 is 0 Å². The summed E-state index contributed by atoms with van der Waals surface area (Å²) in [6.07, 6.45) is 1.26. The van der Waals surface area contributed by atoms with Gasteiger partial charge in [0.1, 0.15) is 0 Å². The summed E-state index contributed by atoms with van der Waals surface area (Å²) in [7, 11) is 0. The number of amides is 1. The van der Waals surface area contributed by atoms with Gasteiger partial charge in [0.05, 0.1) is 13.2 Å². The Balaban J connectivity index is 2.16. The highest BCUT2D eigenvalue weighted by atomic mass is 35.5. The van der Waals surface area contributed by atoms with Gasteiger partial charge in [-0.25, -0.2) is 0 Å². The van der Waals surface area contributed by atoms with Crippen molar-refractivity contribution in [1.29, 1.82) is 0 Å². The van der Waals surface area contributed by atoms with E-state index in [1.807, 2.05) is 18.2 Å². The zero-order chi connectivity index (χ0) is 13.7.